The van der Waals surface area contributed by atoms with Crippen LogP contribution in [0.25, 0.3) is 0 Å². The fourth-order valence-corrected chi connectivity index (χ4v) is 4.83. The zero-order chi connectivity index (χ0) is 23.5. The van der Waals surface area contributed by atoms with Crippen LogP contribution in [0.5, 0.6) is 5.75 Å². The highest BCUT2D eigenvalue weighted by Crippen LogP contribution is 2.47. The maximum atomic E-state index is 15.0. The van der Waals surface area contributed by atoms with E-state index in [1.807, 2.05) is 31.2 Å². The number of ketones is 1. The zero-order valence-corrected chi connectivity index (χ0v) is 19.1. The van der Waals surface area contributed by atoms with Crippen molar-refractivity contribution in [3.8, 4) is 5.75 Å². The molecule has 6 heteroatoms. The summed E-state index contributed by atoms with van der Waals surface area (Å²) in [6.07, 6.45) is 1.48. The number of halogens is 1. The van der Waals surface area contributed by atoms with Gasteiger partial charge < -0.3 is 14.8 Å². The summed E-state index contributed by atoms with van der Waals surface area (Å²) in [6.45, 7) is 3.94. The molecule has 2 aromatic rings. The minimum absolute atomic E-state index is 0.0810. The summed E-state index contributed by atoms with van der Waals surface area (Å²) < 4.78 is 25.9. The van der Waals surface area contributed by atoms with Crippen molar-refractivity contribution in [2.24, 2.45) is 0 Å². The van der Waals surface area contributed by atoms with Gasteiger partial charge in [-0.3, -0.25) is 4.79 Å². The number of dihydropyridines is 1. The molecule has 0 saturated heterocycles. The highest BCUT2D eigenvalue weighted by Gasteiger charge is 2.42. The Morgan fingerprint density at radius 2 is 1.79 bits per heavy atom. The number of carbonyl (C=O) groups is 2. The van der Waals surface area contributed by atoms with Crippen molar-refractivity contribution < 1.29 is 23.5 Å². The Bertz CT molecular complexity index is 1150. The monoisotopic (exact) mass is 449 g/mol. The Hall–Kier alpha value is -3.41. The lowest BCUT2D eigenvalue weighted by molar-refractivity contribution is -0.139. The van der Waals surface area contributed by atoms with Crippen molar-refractivity contribution in [1.82, 2.24) is 5.32 Å². The lowest BCUT2D eigenvalue weighted by Gasteiger charge is -2.37. The number of ether oxygens (including phenoxy) is 2. The van der Waals surface area contributed by atoms with Gasteiger partial charge in [0.25, 0.3) is 0 Å². The molecule has 0 aromatic heterocycles. The molecule has 0 unspecified atom stereocenters. The zero-order valence-electron chi connectivity index (χ0n) is 19.1. The molecule has 172 valence electrons. The van der Waals surface area contributed by atoms with Crippen LogP contribution < -0.4 is 10.1 Å². The number of Topliss-reactive ketones (excluding diaryl/α,β-unsaturated/α-hetero) is 1. The number of esters is 1. The van der Waals surface area contributed by atoms with Gasteiger partial charge >= 0.3 is 5.97 Å². The van der Waals surface area contributed by atoms with Gasteiger partial charge in [0, 0.05) is 34.9 Å². The summed E-state index contributed by atoms with van der Waals surface area (Å²) >= 11 is 0. The molecule has 0 bridgehead atoms. The first kappa shape index (κ1) is 22.8. The van der Waals surface area contributed by atoms with Gasteiger partial charge in [-0.25, -0.2) is 9.18 Å². The second-order valence-corrected chi connectivity index (χ2v) is 8.42. The van der Waals surface area contributed by atoms with Crippen molar-refractivity contribution in [3.63, 3.8) is 0 Å². The third-order valence-corrected chi connectivity index (χ3v) is 6.28. The number of hydrogen-bond acceptors (Lipinski definition) is 5. The molecule has 2 aliphatic rings. The molecule has 1 heterocycles. The van der Waals surface area contributed by atoms with E-state index >= 15 is 0 Å². The number of allylic oxidation sites excluding steroid dienone is 3. The number of carbonyl (C=O) groups excluding carboxylic acids is 2. The van der Waals surface area contributed by atoms with Gasteiger partial charge in [-0.2, -0.15) is 0 Å². The highest BCUT2D eigenvalue weighted by molar-refractivity contribution is 6.04. The molecule has 0 saturated carbocycles. The van der Waals surface area contributed by atoms with Crippen LogP contribution in [0, 0.1) is 5.82 Å². The van der Waals surface area contributed by atoms with Crippen molar-refractivity contribution in [3.05, 3.63) is 88.0 Å². The van der Waals surface area contributed by atoms with Gasteiger partial charge in [-0.15, -0.1) is 0 Å². The first-order valence-electron chi connectivity index (χ1n) is 11.2. The number of methoxy groups -OCH3 is 1. The van der Waals surface area contributed by atoms with E-state index < -0.39 is 17.7 Å². The minimum atomic E-state index is -0.807. The third kappa shape index (κ3) is 4.30. The molecule has 2 aromatic carbocycles. The molecule has 0 spiro atoms. The Labute approximate surface area is 193 Å². The Kier molecular flexibility index (Phi) is 6.63. The second-order valence-electron chi connectivity index (χ2n) is 8.42. The topological polar surface area (TPSA) is 64.6 Å². The van der Waals surface area contributed by atoms with Gasteiger partial charge in [-0.05, 0) is 37.5 Å². The summed E-state index contributed by atoms with van der Waals surface area (Å²) in [6, 6.07) is 14.0. The van der Waals surface area contributed by atoms with Crippen LogP contribution in [-0.2, 0) is 14.3 Å². The summed E-state index contributed by atoms with van der Waals surface area (Å²) in [5, 5.41) is 3.29. The molecule has 33 heavy (non-hydrogen) atoms. The summed E-state index contributed by atoms with van der Waals surface area (Å²) in [4.78, 5) is 26.6. The van der Waals surface area contributed by atoms with Crippen LogP contribution in [0.2, 0.25) is 0 Å². The summed E-state index contributed by atoms with van der Waals surface area (Å²) in [7, 11) is 1.61. The van der Waals surface area contributed by atoms with Gasteiger partial charge in [0.15, 0.2) is 5.78 Å². The van der Waals surface area contributed by atoms with Crippen molar-refractivity contribution in [1.29, 1.82) is 0 Å². The third-order valence-electron chi connectivity index (χ3n) is 6.28. The standard InChI is InChI=1S/C27H28FNO4/c1-4-13-33-27(31)24-16(2)29-21-14-17(18-9-6-8-12-23(18)32-3)15-22(30)26(21)25(24)19-10-5-7-11-20(19)28/h5-12,17,25,29H,4,13-15H2,1-3H3/t17-,25+/m1/s1. The molecule has 1 aliphatic carbocycles. The average Bonchev–Trinajstić information content (AvgIpc) is 2.81. The molecular weight excluding hydrogens is 421 g/mol. The lowest BCUT2D eigenvalue weighted by atomic mass is 9.71. The first-order valence-corrected chi connectivity index (χ1v) is 11.2. The quantitative estimate of drug-likeness (QED) is 0.618. The maximum Gasteiger partial charge on any atom is 0.336 e. The predicted octanol–water partition coefficient (Wildman–Crippen LogP) is 5.15. The molecule has 2 atom stereocenters. The fraction of sp³-hybridized carbons (Fsp3) is 0.333. The minimum Gasteiger partial charge on any atom is -0.496 e. The molecule has 0 amide bonds. The Balaban J connectivity index is 1.80. The molecule has 4 rings (SSSR count). The van der Waals surface area contributed by atoms with E-state index in [1.54, 1.807) is 32.2 Å². The van der Waals surface area contributed by atoms with E-state index in [9.17, 15) is 14.0 Å². The van der Waals surface area contributed by atoms with Crippen molar-refractivity contribution >= 4 is 11.8 Å². The van der Waals surface area contributed by atoms with Crippen molar-refractivity contribution in [2.75, 3.05) is 13.7 Å². The molecular formula is C27H28FNO4. The van der Waals surface area contributed by atoms with E-state index in [-0.39, 0.29) is 30.3 Å². The van der Waals surface area contributed by atoms with Crippen molar-refractivity contribution in [2.45, 2.75) is 44.9 Å². The van der Waals surface area contributed by atoms with Crippen LogP contribution >= 0.6 is 0 Å². The van der Waals surface area contributed by atoms with E-state index in [0.29, 0.717) is 29.7 Å². The number of nitrogens with one attached hydrogen (secondary N) is 1. The number of hydrogen-bond donors (Lipinski definition) is 1. The number of benzene rings is 2. The Morgan fingerprint density at radius 3 is 2.48 bits per heavy atom. The number of para-hydroxylation sites is 1. The normalized spacial score (nSPS) is 20.3. The number of rotatable bonds is 6. The van der Waals surface area contributed by atoms with Gasteiger partial charge in [0.1, 0.15) is 11.6 Å². The molecule has 1 aliphatic heterocycles. The molecule has 0 radical (unpaired) electrons. The van der Waals surface area contributed by atoms with Crippen LogP contribution in [0.15, 0.2) is 71.1 Å². The van der Waals surface area contributed by atoms with Crippen LogP contribution in [0.4, 0.5) is 4.39 Å². The highest BCUT2D eigenvalue weighted by atomic mass is 19.1. The van der Waals surface area contributed by atoms with E-state index in [1.165, 1.54) is 6.07 Å². The lowest BCUT2D eigenvalue weighted by Crippen LogP contribution is -2.36. The summed E-state index contributed by atoms with van der Waals surface area (Å²) in [5.74, 6) is -1.25. The maximum absolute atomic E-state index is 15.0. The largest absolute Gasteiger partial charge is 0.496 e. The Morgan fingerprint density at radius 1 is 1.09 bits per heavy atom. The van der Waals surface area contributed by atoms with Crippen LogP contribution in [0.1, 0.15) is 56.1 Å². The van der Waals surface area contributed by atoms with E-state index in [4.69, 9.17) is 9.47 Å². The average molecular weight is 450 g/mol. The van der Waals surface area contributed by atoms with E-state index in [2.05, 4.69) is 5.32 Å². The molecule has 1 N–H and O–H groups in total. The SMILES string of the molecule is CCCOC(=O)C1=C(C)NC2=C(C(=O)C[C@H](c3ccccc3OC)C2)[C@H]1c1ccccc1F. The molecule has 0 fully saturated rings. The van der Waals surface area contributed by atoms with Gasteiger partial charge in [0.2, 0.25) is 0 Å². The fourth-order valence-electron chi connectivity index (χ4n) is 4.83. The van der Waals surface area contributed by atoms with Gasteiger partial charge in [0.05, 0.1) is 25.2 Å². The van der Waals surface area contributed by atoms with Gasteiger partial charge in [-0.1, -0.05) is 43.3 Å². The van der Waals surface area contributed by atoms with E-state index in [0.717, 1.165) is 17.0 Å². The molecule has 5 nitrogen and oxygen atoms in total. The van der Waals surface area contributed by atoms with Crippen LogP contribution in [0.3, 0.4) is 0 Å². The second kappa shape index (κ2) is 9.61. The first-order chi connectivity index (χ1) is 16.0. The summed E-state index contributed by atoms with van der Waals surface area (Å²) in [5.41, 5.74) is 3.30. The predicted molar refractivity (Wildman–Crippen MR) is 123 cm³/mol. The van der Waals surface area contributed by atoms with Crippen LogP contribution in [-0.4, -0.2) is 25.5 Å². The smallest absolute Gasteiger partial charge is 0.336 e.